The topological polar surface area (TPSA) is 231 Å². The molecule has 2 fully saturated rings. The molecule has 7 N–H and O–H groups in total. The third kappa shape index (κ3) is 17.3. The molecule has 2 heterocycles. The van der Waals surface area contributed by atoms with E-state index in [2.05, 4.69) is 13.8 Å². The van der Waals surface area contributed by atoms with Crippen molar-refractivity contribution in [2.75, 3.05) is 26.4 Å². The van der Waals surface area contributed by atoms with Crippen molar-refractivity contribution in [3.8, 4) is 0 Å². The maximum atomic E-state index is 12.8. The monoisotopic (exact) mass is 752 g/mol. The van der Waals surface area contributed by atoms with Gasteiger partial charge in [0, 0.05) is 12.8 Å². The quantitative estimate of drug-likeness (QED) is 0.0449. The molecule has 0 aliphatic carbocycles. The SMILES string of the molecule is CCCCCCCCCCCC(=O)OC(COC(=O)CCCCCCCCC)COC1OC(COC2OC(CO)C(O)C(O)C2O)C(O)C(O)C1O. The molecule has 2 saturated heterocycles. The van der Waals surface area contributed by atoms with Crippen LogP contribution < -0.4 is 0 Å². The van der Waals surface area contributed by atoms with Gasteiger partial charge in [-0.25, -0.2) is 0 Å². The zero-order valence-electron chi connectivity index (χ0n) is 31.3. The average Bonchev–Trinajstić information content (AvgIpc) is 3.13. The summed E-state index contributed by atoms with van der Waals surface area (Å²) in [5.41, 5.74) is 0. The standard InChI is InChI=1S/C37H68O15/c1-3-5-7-9-11-12-14-16-18-20-29(40)50-25(22-47-28(39)19-17-15-13-10-8-6-4-2)23-48-36-35(46)33(44)31(42)27(52-36)24-49-37-34(45)32(43)30(41)26(21-38)51-37/h25-27,30-38,41-46H,3-24H2,1-2H3. The summed E-state index contributed by atoms with van der Waals surface area (Å²) >= 11 is 0. The van der Waals surface area contributed by atoms with E-state index in [0.717, 1.165) is 44.9 Å². The van der Waals surface area contributed by atoms with Crippen molar-refractivity contribution >= 4 is 11.9 Å². The minimum absolute atomic E-state index is 0.170. The minimum Gasteiger partial charge on any atom is -0.462 e. The van der Waals surface area contributed by atoms with Crippen LogP contribution in [0, 0.1) is 0 Å². The van der Waals surface area contributed by atoms with Gasteiger partial charge in [-0.15, -0.1) is 0 Å². The van der Waals surface area contributed by atoms with Gasteiger partial charge in [0.2, 0.25) is 0 Å². The Balaban J connectivity index is 1.92. The van der Waals surface area contributed by atoms with Crippen molar-refractivity contribution in [2.45, 2.75) is 197 Å². The molecule has 11 atom stereocenters. The van der Waals surface area contributed by atoms with Gasteiger partial charge in [-0.3, -0.25) is 9.59 Å². The predicted molar refractivity (Wildman–Crippen MR) is 188 cm³/mol. The lowest BCUT2D eigenvalue weighted by Gasteiger charge is -2.42. The second-order valence-corrected chi connectivity index (χ2v) is 14.1. The Labute approximate surface area is 308 Å². The molecule has 11 unspecified atom stereocenters. The second kappa shape index (κ2) is 27.1. The third-order valence-corrected chi connectivity index (χ3v) is 9.59. The van der Waals surface area contributed by atoms with Crippen LogP contribution in [0.5, 0.6) is 0 Å². The summed E-state index contributed by atoms with van der Waals surface area (Å²) in [5, 5.41) is 71.4. The zero-order chi connectivity index (χ0) is 38.3. The number of esters is 2. The summed E-state index contributed by atoms with van der Waals surface area (Å²) in [6.45, 7) is 2.47. The highest BCUT2D eigenvalue weighted by atomic mass is 16.7. The smallest absolute Gasteiger partial charge is 0.306 e. The maximum Gasteiger partial charge on any atom is 0.306 e. The van der Waals surface area contributed by atoms with Crippen LogP contribution in [-0.2, 0) is 38.0 Å². The number of carbonyl (C=O) groups is 2. The van der Waals surface area contributed by atoms with Gasteiger partial charge in [0.15, 0.2) is 18.7 Å². The number of hydrogen-bond acceptors (Lipinski definition) is 15. The average molecular weight is 753 g/mol. The summed E-state index contributed by atoms with van der Waals surface area (Å²) in [7, 11) is 0. The van der Waals surface area contributed by atoms with Gasteiger partial charge in [0.05, 0.1) is 19.8 Å². The van der Waals surface area contributed by atoms with E-state index in [1.54, 1.807) is 0 Å². The van der Waals surface area contributed by atoms with Gasteiger partial charge < -0.3 is 64.2 Å². The molecule has 0 aromatic rings. The van der Waals surface area contributed by atoms with Crippen LogP contribution in [0.2, 0.25) is 0 Å². The van der Waals surface area contributed by atoms with E-state index < -0.39 is 92.7 Å². The van der Waals surface area contributed by atoms with Crippen LogP contribution in [0.25, 0.3) is 0 Å². The first-order chi connectivity index (χ1) is 25.0. The van der Waals surface area contributed by atoms with Crippen LogP contribution in [0.3, 0.4) is 0 Å². The Hall–Kier alpha value is -1.50. The van der Waals surface area contributed by atoms with E-state index >= 15 is 0 Å². The summed E-state index contributed by atoms with van der Waals surface area (Å²) in [6.07, 6.45) is 0.610. The van der Waals surface area contributed by atoms with E-state index in [-0.39, 0.29) is 26.1 Å². The molecule has 0 amide bonds. The van der Waals surface area contributed by atoms with E-state index in [0.29, 0.717) is 12.8 Å². The van der Waals surface area contributed by atoms with Crippen LogP contribution >= 0.6 is 0 Å². The number of hydrogen-bond donors (Lipinski definition) is 7. The van der Waals surface area contributed by atoms with Crippen LogP contribution in [-0.4, -0.2) is 142 Å². The zero-order valence-corrected chi connectivity index (χ0v) is 31.3. The molecular weight excluding hydrogens is 684 g/mol. The first-order valence-corrected chi connectivity index (χ1v) is 19.6. The van der Waals surface area contributed by atoms with Gasteiger partial charge in [0.25, 0.3) is 0 Å². The molecular formula is C37H68O15. The molecule has 0 saturated carbocycles. The van der Waals surface area contributed by atoms with Crippen molar-refractivity contribution in [2.24, 2.45) is 0 Å². The number of aliphatic hydroxyl groups is 7. The van der Waals surface area contributed by atoms with Crippen molar-refractivity contribution in [3.05, 3.63) is 0 Å². The number of unbranched alkanes of at least 4 members (excludes halogenated alkanes) is 14. The summed E-state index contributed by atoms with van der Waals surface area (Å²) < 4.78 is 33.2. The van der Waals surface area contributed by atoms with E-state index in [1.165, 1.54) is 44.9 Å². The number of aliphatic hydroxyl groups excluding tert-OH is 7. The molecule has 2 rings (SSSR count). The first-order valence-electron chi connectivity index (χ1n) is 19.6. The molecule has 52 heavy (non-hydrogen) atoms. The molecule has 0 aromatic heterocycles. The van der Waals surface area contributed by atoms with Gasteiger partial charge in [-0.1, -0.05) is 104 Å². The predicted octanol–water partition coefficient (Wildman–Crippen LogP) is 2.14. The number of ether oxygens (including phenoxy) is 6. The maximum absolute atomic E-state index is 12.8. The molecule has 15 heteroatoms. The molecule has 0 radical (unpaired) electrons. The summed E-state index contributed by atoms with van der Waals surface area (Å²) in [5.74, 6) is -0.933. The van der Waals surface area contributed by atoms with Gasteiger partial charge in [-0.05, 0) is 12.8 Å². The normalized spacial score (nSPS) is 29.9. The van der Waals surface area contributed by atoms with Crippen LogP contribution in [0.1, 0.15) is 129 Å². The molecule has 0 aromatic carbocycles. The van der Waals surface area contributed by atoms with Gasteiger partial charge in [-0.2, -0.15) is 0 Å². The fraction of sp³-hybridized carbons (Fsp3) is 0.946. The Morgan fingerprint density at radius 3 is 1.50 bits per heavy atom. The Kier molecular flexibility index (Phi) is 24.3. The van der Waals surface area contributed by atoms with Crippen molar-refractivity contribution in [1.82, 2.24) is 0 Å². The third-order valence-electron chi connectivity index (χ3n) is 9.59. The van der Waals surface area contributed by atoms with E-state index in [9.17, 15) is 45.3 Å². The highest BCUT2D eigenvalue weighted by Crippen LogP contribution is 2.26. The molecule has 2 aliphatic rings. The van der Waals surface area contributed by atoms with Crippen LogP contribution in [0.15, 0.2) is 0 Å². The Bertz CT molecular complexity index is 939. The molecule has 306 valence electrons. The summed E-state index contributed by atoms with van der Waals surface area (Å²) in [4.78, 5) is 25.3. The second-order valence-electron chi connectivity index (χ2n) is 14.1. The number of rotatable bonds is 28. The Morgan fingerprint density at radius 2 is 0.981 bits per heavy atom. The van der Waals surface area contributed by atoms with Crippen molar-refractivity contribution < 1.29 is 73.8 Å². The largest absolute Gasteiger partial charge is 0.462 e. The molecule has 0 spiro atoms. The lowest BCUT2D eigenvalue weighted by molar-refractivity contribution is -0.332. The minimum atomic E-state index is -1.76. The van der Waals surface area contributed by atoms with Gasteiger partial charge >= 0.3 is 11.9 Å². The highest BCUT2D eigenvalue weighted by Gasteiger charge is 2.47. The molecule has 2 aliphatic heterocycles. The molecule has 15 nitrogen and oxygen atoms in total. The summed E-state index contributed by atoms with van der Waals surface area (Å²) in [6, 6.07) is 0. The lowest BCUT2D eigenvalue weighted by Crippen LogP contribution is -2.61. The highest BCUT2D eigenvalue weighted by molar-refractivity contribution is 5.70. The Morgan fingerprint density at radius 1 is 0.538 bits per heavy atom. The fourth-order valence-electron chi connectivity index (χ4n) is 6.21. The van der Waals surface area contributed by atoms with Crippen LogP contribution in [0.4, 0.5) is 0 Å². The first kappa shape index (κ1) is 46.7. The fourth-order valence-corrected chi connectivity index (χ4v) is 6.21. The van der Waals surface area contributed by atoms with E-state index in [4.69, 9.17) is 28.4 Å². The lowest BCUT2D eigenvalue weighted by atomic mass is 9.98. The van der Waals surface area contributed by atoms with Crippen molar-refractivity contribution in [1.29, 1.82) is 0 Å². The van der Waals surface area contributed by atoms with Crippen molar-refractivity contribution in [3.63, 3.8) is 0 Å². The number of carbonyl (C=O) groups excluding carboxylic acids is 2. The van der Waals surface area contributed by atoms with Gasteiger partial charge in [0.1, 0.15) is 55.4 Å². The molecule has 0 bridgehead atoms. The van der Waals surface area contributed by atoms with E-state index in [1.807, 2.05) is 0 Å².